The molecule has 0 aromatic carbocycles. The van der Waals surface area contributed by atoms with Crippen LogP contribution < -0.4 is 9.80 Å². The molecule has 8 nitrogen and oxygen atoms in total. The molecule has 8 heteroatoms. The topological polar surface area (TPSA) is 79.5 Å². The number of ether oxygens (including phenoxy) is 1. The van der Waals surface area contributed by atoms with Crippen LogP contribution in [-0.4, -0.2) is 70.4 Å². The van der Waals surface area contributed by atoms with Crippen LogP contribution in [0.5, 0.6) is 0 Å². The number of piperidine rings is 1. The Hall–Kier alpha value is -2.19. The first-order valence-electron chi connectivity index (χ1n) is 9.37. The highest BCUT2D eigenvalue weighted by molar-refractivity contribution is 5.53. The predicted octanol–water partition coefficient (Wildman–Crippen LogP) is 1.16. The van der Waals surface area contributed by atoms with Crippen molar-refractivity contribution in [2.45, 2.75) is 32.3 Å². The van der Waals surface area contributed by atoms with Gasteiger partial charge in [-0.2, -0.15) is 15.1 Å². The maximum Gasteiger partial charge on any atom is 0.254 e. The van der Waals surface area contributed by atoms with Gasteiger partial charge in [0.15, 0.2) is 0 Å². The average Bonchev–Trinajstić information content (AvgIpc) is 3.15. The van der Waals surface area contributed by atoms with Crippen molar-refractivity contribution in [2.24, 2.45) is 0 Å². The van der Waals surface area contributed by atoms with Crippen molar-refractivity contribution < 1.29 is 9.84 Å². The fourth-order valence-corrected chi connectivity index (χ4v) is 3.52. The molecule has 0 saturated carbocycles. The normalized spacial score (nSPS) is 21.2. The SMILES string of the molecule is Cc1ccn(-c2nc(N3CCCCC3)cc(N3CCOC(CO)C3)n2)n1. The number of hydrogen-bond donors (Lipinski definition) is 1. The predicted molar refractivity (Wildman–Crippen MR) is 99.0 cm³/mol. The van der Waals surface area contributed by atoms with Gasteiger partial charge in [0.25, 0.3) is 5.95 Å². The van der Waals surface area contributed by atoms with Crippen molar-refractivity contribution >= 4 is 11.6 Å². The molecule has 2 aromatic heterocycles. The molecule has 1 atom stereocenters. The van der Waals surface area contributed by atoms with E-state index in [0.717, 1.165) is 37.0 Å². The summed E-state index contributed by atoms with van der Waals surface area (Å²) in [7, 11) is 0. The third-order valence-electron chi connectivity index (χ3n) is 4.96. The molecule has 0 radical (unpaired) electrons. The van der Waals surface area contributed by atoms with Gasteiger partial charge in [0, 0.05) is 38.4 Å². The Morgan fingerprint density at radius 2 is 1.88 bits per heavy atom. The maximum atomic E-state index is 9.44. The Kier molecular flexibility index (Phi) is 5.03. The summed E-state index contributed by atoms with van der Waals surface area (Å²) in [6.07, 6.45) is 5.39. The molecule has 1 N–H and O–H groups in total. The Morgan fingerprint density at radius 3 is 2.58 bits per heavy atom. The highest BCUT2D eigenvalue weighted by atomic mass is 16.5. The Balaban J connectivity index is 1.69. The van der Waals surface area contributed by atoms with Crippen LogP contribution in [0.25, 0.3) is 5.95 Å². The monoisotopic (exact) mass is 358 g/mol. The number of aliphatic hydroxyl groups is 1. The second-order valence-electron chi connectivity index (χ2n) is 6.96. The summed E-state index contributed by atoms with van der Waals surface area (Å²) in [6.45, 7) is 6.00. The van der Waals surface area contributed by atoms with Crippen molar-refractivity contribution in [3.63, 3.8) is 0 Å². The van der Waals surface area contributed by atoms with E-state index in [9.17, 15) is 5.11 Å². The summed E-state index contributed by atoms with van der Waals surface area (Å²) >= 11 is 0. The van der Waals surface area contributed by atoms with Crippen LogP contribution in [0.3, 0.4) is 0 Å². The van der Waals surface area contributed by atoms with Crippen LogP contribution in [0, 0.1) is 6.92 Å². The number of anilines is 2. The molecule has 4 heterocycles. The molecule has 26 heavy (non-hydrogen) atoms. The van der Waals surface area contributed by atoms with E-state index in [2.05, 4.69) is 21.0 Å². The van der Waals surface area contributed by atoms with Crippen molar-refractivity contribution in [1.82, 2.24) is 19.7 Å². The quantitative estimate of drug-likeness (QED) is 0.878. The van der Waals surface area contributed by atoms with Crippen LogP contribution in [0.2, 0.25) is 0 Å². The zero-order valence-electron chi connectivity index (χ0n) is 15.2. The van der Waals surface area contributed by atoms with E-state index in [1.165, 1.54) is 19.3 Å². The summed E-state index contributed by atoms with van der Waals surface area (Å²) in [5.74, 6) is 2.40. The van der Waals surface area contributed by atoms with E-state index in [1.807, 2.05) is 19.2 Å². The number of morpholine rings is 1. The molecule has 2 fully saturated rings. The van der Waals surface area contributed by atoms with Gasteiger partial charge in [0.1, 0.15) is 11.6 Å². The molecule has 2 saturated heterocycles. The lowest BCUT2D eigenvalue weighted by atomic mass is 10.1. The Labute approximate surface area is 153 Å². The zero-order chi connectivity index (χ0) is 17.9. The van der Waals surface area contributed by atoms with Gasteiger partial charge < -0.3 is 19.6 Å². The summed E-state index contributed by atoms with van der Waals surface area (Å²) in [6, 6.07) is 4.01. The molecule has 2 aromatic rings. The van der Waals surface area contributed by atoms with Gasteiger partial charge in [-0.25, -0.2) is 4.68 Å². The number of nitrogens with zero attached hydrogens (tertiary/aromatic N) is 6. The van der Waals surface area contributed by atoms with Gasteiger partial charge >= 0.3 is 0 Å². The fourth-order valence-electron chi connectivity index (χ4n) is 3.52. The first kappa shape index (κ1) is 17.2. The molecule has 0 bridgehead atoms. The molecule has 2 aliphatic heterocycles. The van der Waals surface area contributed by atoms with E-state index >= 15 is 0 Å². The molecule has 0 spiro atoms. The fraction of sp³-hybridized carbons (Fsp3) is 0.611. The van der Waals surface area contributed by atoms with Crippen molar-refractivity contribution in [3.05, 3.63) is 24.0 Å². The van der Waals surface area contributed by atoms with Crippen molar-refractivity contribution in [3.8, 4) is 5.95 Å². The van der Waals surface area contributed by atoms with Gasteiger partial charge in [-0.3, -0.25) is 0 Å². The number of hydrogen-bond acceptors (Lipinski definition) is 7. The highest BCUT2D eigenvalue weighted by Crippen LogP contribution is 2.25. The molecule has 4 rings (SSSR count). The molecule has 0 aliphatic carbocycles. The lowest BCUT2D eigenvalue weighted by Crippen LogP contribution is -2.44. The lowest BCUT2D eigenvalue weighted by Gasteiger charge is -2.34. The summed E-state index contributed by atoms with van der Waals surface area (Å²) < 4.78 is 7.31. The lowest BCUT2D eigenvalue weighted by molar-refractivity contribution is 0.00335. The minimum atomic E-state index is -0.174. The van der Waals surface area contributed by atoms with Crippen LogP contribution in [0.1, 0.15) is 25.0 Å². The maximum absolute atomic E-state index is 9.44. The average molecular weight is 358 g/mol. The van der Waals surface area contributed by atoms with Crippen LogP contribution in [-0.2, 0) is 4.74 Å². The van der Waals surface area contributed by atoms with Gasteiger partial charge in [0.2, 0.25) is 0 Å². The van der Waals surface area contributed by atoms with E-state index in [4.69, 9.17) is 14.7 Å². The van der Waals surface area contributed by atoms with Crippen LogP contribution >= 0.6 is 0 Å². The number of aryl methyl sites for hydroxylation is 1. The second kappa shape index (κ2) is 7.59. The second-order valence-corrected chi connectivity index (χ2v) is 6.96. The van der Waals surface area contributed by atoms with E-state index in [-0.39, 0.29) is 12.7 Å². The number of aliphatic hydroxyl groups excluding tert-OH is 1. The van der Waals surface area contributed by atoms with E-state index < -0.39 is 0 Å². The zero-order valence-corrected chi connectivity index (χ0v) is 15.2. The molecule has 140 valence electrons. The summed E-state index contributed by atoms with van der Waals surface area (Å²) in [5, 5.41) is 13.9. The Morgan fingerprint density at radius 1 is 1.12 bits per heavy atom. The molecule has 1 unspecified atom stereocenters. The van der Waals surface area contributed by atoms with Gasteiger partial charge in [-0.05, 0) is 32.3 Å². The van der Waals surface area contributed by atoms with Gasteiger partial charge in [0.05, 0.1) is 25.0 Å². The van der Waals surface area contributed by atoms with Crippen molar-refractivity contribution in [1.29, 1.82) is 0 Å². The summed E-state index contributed by atoms with van der Waals surface area (Å²) in [5.41, 5.74) is 0.935. The van der Waals surface area contributed by atoms with Gasteiger partial charge in [-0.1, -0.05) is 0 Å². The van der Waals surface area contributed by atoms with Crippen molar-refractivity contribution in [2.75, 3.05) is 49.2 Å². The Bertz CT molecular complexity index is 743. The molecule has 2 aliphatic rings. The van der Waals surface area contributed by atoms with Crippen LogP contribution in [0.4, 0.5) is 11.6 Å². The molecular weight excluding hydrogens is 332 g/mol. The van der Waals surface area contributed by atoms with E-state index in [1.54, 1.807) is 4.68 Å². The minimum absolute atomic E-state index is 0.0196. The minimum Gasteiger partial charge on any atom is -0.394 e. The first-order valence-corrected chi connectivity index (χ1v) is 9.37. The number of aromatic nitrogens is 4. The van der Waals surface area contributed by atoms with E-state index in [0.29, 0.717) is 19.1 Å². The van der Waals surface area contributed by atoms with Crippen LogP contribution in [0.15, 0.2) is 18.3 Å². The van der Waals surface area contributed by atoms with Gasteiger partial charge in [-0.15, -0.1) is 0 Å². The third kappa shape index (κ3) is 3.66. The largest absolute Gasteiger partial charge is 0.394 e. The number of rotatable bonds is 4. The molecular formula is C18H26N6O2. The standard InChI is InChI=1S/C18H26N6O2/c1-14-5-8-24(21-14)18-19-16(22-6-3-2-4-7-22)11-17(20-18)23-9-10-26-15(12-23)13-25/h5,8,11,15,25H,2-4,6-7,9-10,12-13H2,1H3. The smallest absolute Gasteiger partial charge is 0.254 e. The first-order chi connectivity index (χ1) is 12.7. The third-order valence-corrected chi connectivity index (χ3v) is 4.96. The highest BCUT2D eigenvalue weighted by Gasteiger charge is 2.23. The molecule has 0 amide bonds. The summed E-state index contributed by atoms with van der Waals surface area (Å²) in [4.78, 5) is 14.0.